The first kappa shape index (κ1) is 25.2. The van der Waals surface area contributed by atoms with E-state index in [1.54, 1.807) is 11.1 Å². The van der Waals surface area contributed by atoms with Gasteiger partial charge in [-0.1, -0.05) is 0 Å². The van der Waals surface area contributed by atoms with Gasteiger partial charge in [0.1, 0.15) is 0 Å². The Morgan fingerprint density at radius 1 is 0.879 bits per heavy atom. The van der Waals surface area contributed by atoms with E-state index in [0.717, 1.165) is 12.8 Å². The fraction of sp³-hybridized carbons (Fsp3) is 0.700. The van der Waals surface area contributed by atoms with Crippen LogP contribution in [0.15, 0.2) is 17.7 Å². The molecule has 3 aliphatic carbocycles. The van der Waals surface area contributed by atoms with Gasteiger partial charge in [-0.2, -0.15) is 0 Å². The van der Waals surface area contributed by atoms with Crippen molar-refractivity contribution in [2.24, 2.45) is 11.3 Å². The quantitative estimate of drug-likeness (QED) is 0.428. The Bertz CT molecular complexity index is 885. The molecule has 0 heterocycles. The first-order valence-electron chi connectivity index (χ1n) is 13.8. The molecule has 1 saturated carbocycles. The summed E-state index contributed by atoms with van der Waals surface area (Å²) in [6.07, 6.45) is 18.9. The van der Waals surface area contributed by atoms with Crippen LogP contribution < -0.4 is 3.80 Å². The first-order valence-corrected chi connectivity index (χ1v) is 18.6. The van der Waals surface area contributed by atoms with Crippen molar-refractivity contribution in [3.05, 3.63) is 40.0 Å². The normalized spacial score (nSPS) is 24.3. The molecular formula is C30H47NOTi. The molecular weight excluding hydrogens is 438 g/mol. The van der Waals surface area contributed by atoms with Gasteiger partial charge < -0.3 is 0 Å². The second-order valence-corrected chi connectivity index (χ2v) is 19.4. The van der Waals surface area contributed by atoms with Gasteiger partial charge in [-0.05, 0) is 0 Å². The van der Waals surface area contributed by atoms with Crippen LogP contribution in [0.4, 0.5) is 0 Å². The van der Waals surface area contributed by atoms with Gasteiger partial charge in [0.15, 0.2) is 0 Å². The first-order chi connectivity index (χ1) is 15.7. The molecule has 3 heteroatoms. The van der Waals surface area contributed by atoms with Gasteiger partial charge in [0.05, 0.1) is 0 Å². The average Bonchev–Trinajstić information content (AvgIpc) is 3.18. The minimum atomic E-state index is -2.65. The van der Waals surface area contributed by atoms with Crippen LogP contribution in [-0.2, 0) is 34.5 Å². The van der Waals surface area contributed by atoms with Gasteiger partial charge in [-0.15, -0.1) is 0 Å². The number of rotatable bonds is 3. The van der Waals surface area contributed by atoms with E-state index < -0.39 is 16.8 Å². The molecule has 1 aromatic carbocycles. The molecule has 0 aromatic heterocycles. The topological polar surface area (TPSA) is 29.1 Å². The molecule has 4 rings (SSSR count). The van der Waals surface area contributed by atoms with E-state index in [1.807, 2.05) is 0 Å². The molecule has 1 atom stereocenters. The standard InChI is InChI=1S/C15H17.C13H25NO.2CH3.Ti/c1-10-4-11-6-13-8-15(2,3)9-14(13)7-12(11)5-10;14-13(15)12-10-8-6-4-2-1-3-5-7-9-11-12;;;/h4-7H,8-9H2,1-3H3;12H,1-11H2,(H2,14,15);2*1H3;/q;;;;+1/p-1. The van der Waals surface area contributed by atoms with E-state index in [1.165, 1.54) is 87.3 Å². The summed E-state index contributed by atoms with van der Waals surface area (Å²) >= 11 is -2.65. The van der Waals surface area contributed by atoms with Gasteiger partial charge in [0, 0.05) is 0 Å². The van der Waals surface area contributed by atoms with Gasteiger partial charge >= 0.3 is 208 Å². The van der Waals surface area contributed by atoms with Gasteiger partial charge in [0.25, 0.3) is 0 Å². The molecule has 1 aromatic rings. The van der Waals surface area contributed by atoms with Crippen molar-refractivity contribution in [3.8, 4) is 0 Å². The molecule has 0 spiro atoms. The van der Waals surface area contributed by atoms with Crippen LogP contribution in [0.3, 0.4) is 0 Å². The third-order valence-corrected chi connectivity index (χ3v) is 13.4. The van der Waals surface area contributed by atoms with Crippen molar-refractivity contribution in [2.75, 3.05) is 0 Å². The van der Waals surface area contributed by atoms with Crippen LogP contribution in [0.5, 0.6) is 0 Å². The molecule has 33 heavy (non-hydrogen) atoms. The van der Waals surface area contributed by atoms with E-state index in [-0.39, 0.29) is 5.92 Å². The number of amides is 1. The Hall–Kier alpha value is -0.856. The van der Waals surface area contributed by atoms with Crippen LogP contribution in [0.25, 0.3) is 6.08 Å². The third kappa shape index (κ3) is 6.05. The Labute approximate surface area is 207 Å². The van der Waals surface area contributed by atoms with Crippen LogP contribution in [-0.4, -0.2) is 5.91 Å². The molecule has 1 unspecified atom stereocenters. The molecule has 0 bridgehead atoms. The molecule has 1 fully saturated rings. The van der Waals surface area contributed by atoms with E-state index >= 15 is 0 Å². The summed E-state index contributed by atoms with van der Waals surface area (Å²) in [6.45, 7) is 7.08. The number of benzene rings is 1. The van der Waals surface area contributed by atoms with E-state index in [4.69, 9.17) is 0 Å². The van der Waals surface area contributed by atoms with Crippen molar-refractivity contribution in [2.45, 2.75) is 119 Å². The van der Waals surface area contributed by atoms with Gasteiger partial charge in [-0.25, -0.2) is 0 Å². The fourth-order valence-corrected chi connectivity index (χ4v) is 12.0. The molecule has 3 aliphatic rings. The van der Waals surface area contributed by atoms with E-state index in [2.05, 4.69) is 53.2 Å². The van der Waals surface area contributed by atoms with Gasteiger partial charge in [0.2, 0.25) is 0 Å². The monoisotopic (exact) mass is 485 g/mol. The van der Waals surface area contributed by atoms with Crippen LogP contribution in [0.1, 0.15) is 118 Å². The summed E-state index contributed by atoms with van der Waals surface area (Å²) in [4.78, 5) is 13.6. The molecule has 1 N–H and O–H groups in total. The summed E-state index contributed by atoms with van der Waals surface area (Å²) in [6, 6.07) is 4.99. The Morgan fingerprint density at radius 3 is 1.97 bits per heavy atom. The van der Waals surface area contributed by atoms with E-state index in [9.17, 15) is 4.79 Å². The third-order valence-electron chi connectivity index (χ3n) is 8.54. The van der Waals surface area contributed by atoms with Crippen LogP contribution in [0, 0.1) is 11.3 Å². The molecule has 0 aliphatic heterocycles. The van der Waals surface area contributed by atoms with Crippen molar-refractivity contribution in [1.82, 2.24) is 3.80 Å². The Morgan fingerprint density at radius 2 is 1.39 bits per heavy atom. The zero-order chi connectivity index (χ0) is 23.6. The summed E-state index contributed by atoms with van der Waals surface area (Å²) in [5, 5.41) is 4.86. The number of carbonyl (C=O) groups is 1. The predicted octanol–water partition coefficient (Wildman–Crippen LogP) is 8.47. The number of nitrogens with one attached hydrogen (secondary N) is 1. The number of allylic oxidation sites excluding steroid dienone is 1. The van der Waals surface area contributed by atoms with Crippen LogP contribution >= 0.6 is 0 Å². The molecule has 182 valence electrons. The maximum atomic E-state index is 13.6. The number of hydrogen-bond acceptors (Lipinski definition) is 1. The summed E-state index contributed by atoms with van der Waals surface area (Å²) < 4.78 is 4.19. The molecule has 0 saturated heterocycles. The minimum absolute atomic E-state index is 0.223. The summed E-state index contributed by atoms with van der Waals surface area (Å²) in [7, 11) is 0. The van der Waals surface area contributed by atoms with Crippen molar-refractivity contribution >= 4 is 12.0 Å². The predicted molar refractivity (Wildman–Crippen MR) is 138 cm³/mol. The average molecular weight is 486 g/mol. The van der Waals surface area contributed by atoms with Crippen LogP contribution in [0.2, 0.25) is 10.5 Å². The summed E-state index contributed by atoms with van der Waals surface area (Å²) in [5.74, 6) is 0.598. The number of carbonyl (C=O) groups excluding carboxylic acids is 1. The molecule has 1 amide bonds. The fourth-order valence-electron chi connectivity index (χ4n) is 6.97. The second-order valence-electron chi connectivity index (χ2n) is 12.8. The van der Waals surface area contributed by atoms with Crippen molar-refractivity contribution in [3.63, 3.8) is 0 Å². The SMILES string of the molecule is CC1=Cc2cc3c(cc2[CH]1[Ti]([CH3])([CH3])[NH]C(=O)C1CCCCCCCCCCC1)CC(C)(C)C3. The maximum absolute atomic E-state index is 13.6. The summed E-state index contributed by atoms with van der Waals surface area (Å²) in [5.41, 5.74) is 7.88. The second kappa shape index (κ2) is 10.4. The zero-order valence-electron chi connectivity index (χ0n) is 22.0. The Balaban J connectivity index is 1.48. The molecule has 2 nitrogen and oxygen atoms in total. The van der Waals surface area contributed by atoms with Gasteiger partial charge in [-0.3, -0.25) is 0 Å². The number of fused-ring (bicyclic) bond motifs is 2. The zero-order valence-corrected chi connectivity index (χ0v) is 23.5. The van der Waals surface area contributed by atoms with Crippen molar-refractivity contribution < 1.29 is 21.6 Å². The van der Waals surface area contributed by atoms with E-state index in [0.29, 0.717) is 15.5 Å². The molecule has 0 radical (unpaired) electrons. The number of hydrogen-bond donors (Lipinski definition) is 1. The Kier molecular flexibility index (Phi) is 7.96. The van der Waals surface area contributed by atoms with Crippen molar-refractivity contribution in [1.29, 1.82) is 0 Å².